The minimum Gasteiger partial charge on any atom is -0.362 e. The molecule has 1 aliphatic rings. The lowest BCUT2D eigenvalue weighted by Crippen LogP contribution is -2.42. The molecule has 0 saturated heterocycles. The van der Waals surface area contributed by atoms with Gasteiger partial charge in [0.1, 0.15) is 6.07 Å². The predicted octanol–water partition coefficient (Wildman–Crippen LogP) is 2.43. The van der Waals surface area contributed by atoms with E-state index in [9.17, 15) is 10.1 Å². The second kappa shape index (κ2) is 8.19. The number of nitriles is 1. The fourth-order valence-corrected chi connectivity index (χ4v) is 3.57. The van der Waals surface area contributed by atoms with Crippen LogP contribution >= 0.6 is 0 Å². The fourth-order valence-electron chi connectivity index (χ4n) is 3.57. The first kappa shape index (κ1) is 18.9. The summed E-state index contributed by atoms with van der Waals surface area (Å²) >= 11 is 0. The van der Waals surface area contributed by atoms with Crippen LogP contribution in [0.2, 0.25) is 0 Å². The van der Waals surface area contributed by atoms with Crippen molar-refractivity contribution in [3.8, 4) is 6.07 Å². The van der Waals surface area contributed by atoms with Gasteiger partial charge in [-0.2, -0.15) is 5.26 Å². The van der Waals surface area contributed by atoms with Crippen molar-refractivity contribution in [2.75, 3.05) is 19.0 Å². The Bertz CT molecular complexity index is 871. The summed E-state index contributed by atoms with van der Waals surface area (Å²) in [5.41, 5.74) is 5.09. The Morgan fingerprint density at radius 1 is 1.33 bits per heavy atom. The van der Waals surface area contributed by atoms with E-state index in [1.807, 2.05) is 32.0 Å². The average Bonchev–Trinajstić information content (AvgIpc) is 3.09. The number of anilines is 1. The number of benzene rings is 1. The van der Waals surface area contributed by atoms with E-state index in [4.69, 9.17) is 0 Å². The van der Waals surface area contributed by atoms with E-state index in [1.165, 1.54) is 11.1 Å². The van der Waals surface area contributed by atoms with E-state index in [2.05, 4.69) is 39.5 Å². The van der Waals surface area contributed by atoms with Crippen molar-refractivity contribution in [1.29, 1.82) is 5.26 Å². The zero-order valence-electron chi connectivity index (χ0n) is 16.1. The van der Waals surface area contributed by atoms with Gasteiger partial charge >= 0.3 is 0 Å². The molecule has 1 amide bonds. The van der Waals surface area contributed by atoms with Crippen LogP contribution < -0.4 is 10.2 Å². The number of hydrogen-bond donors (Lipinski definition) is 1. The lowest BCUT2D eigenvalue weighted by Gasteiger charge is -2.21. The van der Waals surface area contributed by atoms with Crippen LogP contribution in [0.3, 0.4) is 0 Å². The number of fused-ring (bicyclic) bond motifs is 1. The van der Waals surface area contributed by atoms with Gasteiger partial charge in [0.2, 0.25) is 5.91 Å². The van der Waals surface area contributed by atoms with Gasteiger partial charge in [-0.1, -0.05) is 25.1 Å². The molecule has 2 aromatic rings. The minimum absolute atomic E-state index is 0.0556. The summed E-state index contributed by atoms with van der Waals surface area (Å²) in [5.74, 6) is 0.0556. The van der Waals surface area contributed by atoms with Gasteiger partial charge in [-0.15, -0.1) is 0 Å². The van der Waals surface area contributed by atoms with Gasteiger partial charge in [0.05, 0.1) is 17.3 Å². The second-order valence-corrected chi connectivity index (χ2v) is 7.07. The first-order chi connectivity index (χ1) is 13.0. The van der Waals surface area contributed by atoms with Crippen molar-refractivity contribution in [3.63, 3.8) is 0 Å². The van der Waals surface area contributed by atoms with Gasteiger partial charge in [-0.05, 0) is 43.3 Å². The SMILES string of the molecule is CC[C@@H](C(=O)NCc1ccc2c(c1)CN(c1ccncc1C#N)C2)N(C)C. The molecule has 1 atom stereocenters. The number of nitrogens with zero attached hydrogens (tertiary/aromatic N) is 4. The van der Waals surface area contributed by atoms with Crippen molar-refractivity contribution >= 4 is 11.6 Å². The third-order valence-corrected chi connectivity index (χ3v) is 5.03. The smallest absolute Gasteiger partial charge is 0.237 e. The van der Waals surface area contributed by atoms with Crippen LogP contribution in [0, 0.1) is 11.3 Å². The first-order valence-corrected chi connectivity index (χ1v) is 9.17. The molecule has 3 rings (SSSR count). The molecule has 0 aliphatic carbocycles. The van der Waals surface area contributed by atoms with Crippen LogP contribution in [0.5, 0.6) is 0 Å². The molecule has 0 fully saturated rings. The molecule has 1 N–H and O–H groups in total. The number of amides is 1. The number of carbonyl (C=O) groups excluding carboxylic acids is 1. The Morgan fingerprint density at radius 2 is 2.11 bits per heavy atom. The summed E-state index contributed by atoms with van der Waals surface area (Å²) < 4.78 is 0. The molecule has 140 valence electrons. The summed E-state index contributed by atoms with van der Waals surface area (Å²) in [6.07, 6.45) is 4.11. The number of rotatable bonds is 6. The normalized spacial score (nSPS) is 14.0. The molecule has 0 unspecified atom stereocenters. The van der Waals surface area contributed by atoms with E-state index in [0.29, 0.717) is 12.1 Å². The second-order valence-electron chi connectivity index (χ2n) is 7.07. The summed E-state index contributed by atoms with van der Waals surface area (Å²) in [5, 5.41) is 12.3. The highest BCUT2D eigenvalue weighted by Crippen LogP contribution is 2.30. The molecule has 0 saturated carbocycles. The van der Waals surface area contributed by atoms with E-state index in [1.54, 1.807) is 12.4 Å². The maximum Gasteiger partial charge on any atom is 0.237 e. The van der Waals surface area contributed by atoms with Crippen LogP contribution in [-0.4, -0.2) is 35.9 Å². The van der Waals surface area contributed by atoms with E-state index < -0.39 is 0 Å². The molecule has 1 aromatic heterocycles. The fraction of sp³-hybridized carbons (Fsp3) is 0.381. The van der Waals surface area contributed by atoms with Crippen LogP contribution in [0.1, 0.15) is 35.6 Å². The van der Waals surface area contributed by atoms with E-state index in [-0.39, 0.29) is 11.9 Å². The lowest BCUT2D eigenvalue weighted by molar-refractivity contribution is -0.125. The Balaban J connectivity index is 1.68. The molecule has 0 spiro atoms. The quantitative estimate of drug-likeness (QED) is 0.853. The molecule has 27 heavy (non-hydrogen) atoms. The summed E-state index contributed by atoms with van der Waals surface area (Å²) in [6, 6.07) is 10.3. The molecule has 2 heterocycles. The van der Waals surface area contributed by atoms with Gasteiger partial charge in [-0.3, -0.25) is 14.7 Å². The predicted molar refractivity (Wildman–Crippen MR) is 105 cm³/mol. The molecule has 1 aliphatic heterocycles. The number of likely N-dealkylation sites (N-methyl/N-ethyl adjacent to an activating group) is 1. The lowest BCUT2D eigenvalue weighted by atomic mass is 10.1. The number of pyridine rings is 1. The Hall–Kier alpha value is -2.91. The minimum atomic E-state index is -0.106. The van der Waals surface area contributed by atoms with Crippen LogP contribution in [0.4, 0.5) is 5.69 Å². The number of hydrogen-bond acceptors (Lipinski definition) is 5. The largest absolute Gasteiger partial charge is 0.362 e. The van der Waals surface area contributed by atoms with Crippen molar-refractivity contribution in [1.82, 2.24) is 15.2 Å². The van der Waals surface area contributed by atoms with Crippen LogP contribution in [-0.2, 0) is 24.4 Å². The molecule has 6 heteroatoms. The van der Waals surface area contributed by atoms with E-state index in [0.717, 1.165) is 30.8 Å². The summed E-state index contributed by atoms with van der Waals surface area (Å²) in [4.78, 5) is 20.5. The van der Waals surface area contributed by atoms with Gasteiger partial charge in [0, 0.05) is 32.0 Å². The molecule has 0 bridgehead atoms. The highest BCUT2D eigenvalue weighted by molar-refractivity contribution is 5.81. The molecule has 0 radical (unpaired) electrons. The molecule has 1 aromatic carbocycles. The van der Waals surface area contributed by atoms with Gasteiger partial charge < -0.3 is 10.2 Å². The van der Waals surface area contributed by atoms with Crippen molar-refractivity contribution in [2.45, 2.75) is 39.0 Å². The highest BCUT2D eigenvalue weighted by Gasteiger charge is 2.22. The summed E-state index contributed by atoms with van der Waals surface area (Å²) in [6.45, 7) is 4.07. The molecular formula is C21H25N5O. The number of carbonyl (C=O) groups is 1. The zero-order chi connectivity index (χ0) is 19.4. The van der Waals surface area contributed by atoms with Crippen molar-refractivity contribution < 1.29 is 4.79 Å². The number of aromatic nitrogens is 1. The van der Waals surface area contributed by atoms with Gasteiger partial charge in [0.25, 0.3) is 0 Å². The van der Waals surface area contributed by atoms with Crippen LogP contribution in [0.25, 0.3) is 0 Å². The molecular weight excluding hydrogens is 338 g/mol. The standard InChI is InChI=1S/C21H25N5O/c1-4-19(25(2)3)21(27)24-11-15-5-6-16-13-26(14-17(16)9-15)20-7-8-23-12-18(20)10-22/h5-9,12,19H,4,11,13-14H2,1-3H3,(H,24,27)/t19-/m0/s1. The topological polar surface area (TPSA) is 72.3 Å². The number of nitrogens with one attached hydrogen (secondary N) is 1. The first-order valence-electron chi connectivity index (χ1n) is 9.17. The average molecular weight is 363 g/mol. The third-order valence-electron chi connectivity index (χ3n) is 5.03. The Labute approximate surface area is 160 Å². The van der Waals surface area contributed by atoms with Gasteiger partial charge in [0.15, 0.2) is 0 Å². The highest BCUT2D eigenvalue weighted by atomic mass is 16.2. The maximum absolute atomic E-state index is 12.3. The monoisotopic (exact) mass is 363 g/mol. The van der Waals surface area contributed by atoms with E-state index >= 15 is 0 Å². The van der Waals surface area contributed by atoms with Crippen molar-refractivity contribution in [3.05, 3.63) is 58.9 Å². The Kier molecular flexibility index (Phi) is 5.72. The summed E-state index contributed by atoms with van der Waals surface area (Å²) in [7, 11) is 3.85. The Morgan fingerprint density at radius 3 is 2.81 bits per heavy atom. The van der Waals surface area contributed by atoms with Crippen LogP contribution in [0.15, 0.2) is 36.7 Å². The third kappa shape index (κ3) is 4.09. The van der Waals surface area contributed by atoms with Crippen molar-refractivity contribution in [2.24, 2.45) is 0 Å². The molecule has 6 nitrogen and oxygen atoms in total. The zero-order valence-corrected chi connectivity index (χ0v) is 16.1. The van der Waals surface area contributed by atoms with Gasteiger partial charge in [-0.25, -0.2) is 0 Å². The maximum atomic E-state index is 12.3.